The largest absolute Gasteiger partial charge is 0.208 e. The molecule has 0 amide bonds. The second-order valence-corrected chi connectivity index (χ2v) is 13.6. The lowest BCUT2D eigenvalue weighted by Gasteiger charge is -2.29. The monoisotopic (exact) mass is 635 g/mol. The molecule has 8 aromatic rings. The first-order chi connectivity index (χ1) is 23.7. The summed E-state index contributed by atoms with van der Waals surface area (Å²) in [6, 6.07) is 49.8. The van der Waals surface area contributed by atoms with Crippen molar-refractivity contribution in [2.45, 2.75) is 32.1 Å². The van der Waals surface area contributed by atoms with Crippen molar-refractivity contribution in [1.29, 1.82) is 0 Å². The Morgan fingerprint density at radius 2 is 1.02 bits per heavy atom. The van der Waals surface area contributed by atoms with E-state index in [1.54, 1.807) is 0 Å². The lowest BCUT2D eigenvalue weighted by atomic mass is 9.74. The summed E-state index contributed by atoms with van der Waals surface area (Å²) in [5.41, 5.74) is 10.7. The quantitative estimate of drug-likeness (QED) is 0.182. The summed E-state index contributed by atoms with van der Waals surface area (Å²) >= 11 is 1.86. The molecule has 0 spiro atoms. The van der Waals surface area contributed by atoms with Crippen LogP contribution in [0.4, 0.5) is 0 Å². The second kappa shape index (κ2) is 11.4. The topological polar surface area (TPSA) is 38.7 Å². The van der Waals surface area contributed by atoms with Crippen molar-refractivity contribution in [3.8, 4) is 56.4 Å². The molecule has 4 heteroatoms. The predicted octanol–water partition coefficient (Wildman–Crippen LogP) is 12.0. The van der Waals surface area contributed by atoms with Gasteiger partial charge >= 0.3 is 0 Å². The van der Waals surface area contributed by atoms with Crippen LogP contribution in [0.5, 0.6) is 0 Å². The number of fused-ring (bicyclic) bond motifs is 6. The Morgan fingerprint density at radius 3 is 1.81 bits per heavy atom. The number of thiophene rings is 1. The van der Waals surface area contributed by atoms with Gasteiger partial charge in [-0.15, -0.1) is 11.3 Å². The Labute approximate surface area is 284 Å². The first-order valence-electron chi connectivity index (χ1n) is 16.7. The van der Waals surface area contributed by atoms with E-state index in [0.29, 0.717) is 17.5 Å². The van der Waals surface area contributed by atoms with Crippen molar-refractivity contribution in [2.75, 3.05) is 0 Å². The van der Waals surface area contributed by atoms with Crippen molar-refractivity contribution in [3.63, 3.8) is 0 Å². The molecule has 230 valence electrons. The van der Waals surface area contributed by atoms with E-state index in [4.69, 9.17) is 15.0 Å². The Morgan fingerprint density at radius 1 is 0.458 bits per heavy atom. The number of nitrogens with zero attached hydrogens (tertiary/aromatic N) is 3. The number of aromatic nitrogens is 3. The standard InChI is InChI=1S/C44H33N3S/c1-3-44(4-2)36-21-10-8-17-34(36)39-35(20-13-22-37(39)44)43-46-41(29-14-6-5-7-15-29)45-42(47-43)30-26-24-28(25-27-30)31-18-12-19-33-32-16-9-11-23-38(32)48-40(31)33/h5-27H,3-4H2,1-2H3. The van der Waals surface area contributed by atoms with Gasteiger partial charge in [-0.1, -0.05) is 147 Å². The van der Waals surface area contributed by atoms with Crippen molar-refractivity contribution >= 4 is 31.5 Å². The van der Waals surface area contributed by atoms with Gasteiger partial charge in [0, 0.05) is 42.3 Å². The van der Waals surface area contributed by atoms with Gasteiger partial charge < -0.3 is 0 Å². The molecule has 0 N–H and O–H groups in total. The summed E-state index contributed by atoms with van der Waals surface area (Å²) in [6.45, 7) is 4.61. The SMILES string of the molecule is CCC1(CC)c2ccccc2-c2c(-c3nc(-c4ccccc4)nc(-c4ccc(-c5cccc6c5sc5ccccc56)cc4)n3)cccc21. The van der Waals surface area contributed by atoms with E-state index >= 15 is 0 Å². The minimum absolute atomic E-state index is 0.0207. The van der Waals surface area contributed by atoms with Crippen LogP contribution in [0.2, 0.25) is 0 Å². The van der Waals surface area contributed by atoms with E-state index in [1.165, 1.54) is 53.6 Å². The first-order valence-corrected chi connectivity index (χ1v) is 17.6. The molecule has 1 aliphatic carbocycles. The Kier molecular flexibility index (Phi) is 6.80. The van der Waals surface area contributed by atoms with Gasteiger partial charge in [-0.3, -0.25) is 0 Å². The zero-order valence-electron chi connectivity index (χ0n) is 26.9. The summed E-state index contributed by atoms with van der Waals surface area (Å²) in [4.78, 5) is 15.4. The molecule has 0 saturated carbocycles. The Bertz CT molecular complexity index is 2470. The van der Waals surface area contributed by atoms with E-state index in [9.17, 15) is 0 Å². The third-order valence-electron chi connectivity index (χ3n) is 10.3. The van der Waals surface area contributed by atoms with Crippen molar-refractivity contribution in [3.05, 3.63) is 151 Å². The van der Waals surface area contributed by atoms with Crippen LogP contribution in [0.15, 0.2) is 140 Å². The fraction of sp³-hybridized carbons (Fsp3) is 0.114. The lowest BCUT2D eigenvalue weighted by molar-refractivity contribution is 0.490. The van der Waals surface area contributed by atoms with E-state index in [0.717, 1.165) is 29.5 Å². The van der Waals surface area contributed by atoms with Gasteiger partial charge in [0.15, 0.2) is 17.5 Å². The third-order valence-corrected chi connectivity index (χ3v) is 11.5. The van der Waals surface area contributed by atoms with Gasteiger partial charge in [-0.05, 0) is 52.3 Å². The molecule has 48 heavy (non-hydrogen) atoms. The first kappa shape index (κ1) is 28.7. The van der Waals surface area contributed by atoms with E-state index in [2.05, 4.69) is 135 Å². The van der Waals surface area contributed by atoms with Gasteiger partial charge in [-0.25, -0.2) is 15.0 Å². The highest BCUT2D eigenvalue weighted by molar-refractivity contribution is 7.26. The van der Waals surface area contributed by atoms with E-state index in [-0.39, 0.29) is 5.41 Å². The second-order valence-electron chi connectivity index (χ2n) is 12.6. The fourth-order valence-electron chi connectivity index (χ4n) is 7.82. The normalized spacial score (nSPS) is 13.1. The summed E-state index contributed by atoms with van der Waals surface area (Å²) < 4.78 is 2.63. The zero-order chi connectivity index (χ0) is 32.2. The average molecular weight is 636 g/mol. The molecule has 0 saturated heterocycles. The average Bonchev–Trinajstić information content (AvgIpc) is 3.69. The molecule has 2 aromatic heterocycles. The maximum atomic E-state index is 5.21. The number of rotatable bonds is 6. The summed E-state index contributed by atoms with van der Waals surface area (Å²) in [6.07, 6.45) is 2.08. The molecule has 2 heterocycles. The highest BCUT2D eigenvalue weighted by Crippen LogP contribution is 2.55. The summed E-state index contributed by atoms with van der Waals surface area (Å²) in [7, 11) is 0. The number of hydrogen-bond donors (Lipinski definition) is 0. The van der Waals surface area contributed by atoms with Crippen LogP contribution in [0.1, 0.15) is 37.8 Å². The van der Waals surface area contributed by atoms with Crippen molar-refractivity contribution < 1.29 is 0 Å². The molecule has 0 fully saturated rings. The maximum absolute atomic E-state index is 5.21. The summed E-state index contributed by atoms with van der Waals surface area (Å²) in [5, 5.41) is 2.62. The van der Waals surface area contributed by atoms with E-state index < -0.39 is 0 Å². The van der Waals surface area contributed by atoms with Crippen LogP contribution < -0.4 is 0 Å². The van der Waals surface area contributed by atoms with Crippen LogP contribution in [-0.2, 0) is 5.41 Å². The highest BCUT2D eigenvalue weighted by atomic mass is 32.1. The summed E-state index contributed by atoms with van der Waals surface area (Å²) in [5.74, 6) is 2.05. The molecule has 9 rings (SSSR count). The smallest absolute Gasteiger partial charge is 0.164 e. The van der Waals surface area contributed by atoms with Crippen LogP contribution in [0, 0.1) is 0 Å². The van der Waals surface area contributed by atoms with E-state index in [1.807, 2.05) is 29.5 Å². The Hall–Kier alpha value is -5.45. The van der Waals surface area contributed by atoms with Crippen LogP contribution in [0.3, 0.4) is 0 Å². The molecule has 0 radical (unpaired) electrons. The zero-order valence-corrected chi connectivity index (χ0v) is 27.8. The maximum Gasteiger partial charge on any atom is 0.164 e. The molecular weight excluding hydrogens is 603 g/mol. The van der Waals surface area contributed by atoms with Crippen molar-refractivity contribution in [2.24, 2.45) is 0 Å². The molecule has 6 aromatic carbocycles. The van der Waals surface area contributed by atoms with Gasteiger partial charge in [-0.2, -0.15) is 0 Å². The third kappa shape index (κ3) is 4.36. The number of hydrogen-bond acceptors (Lipinski definition) is 4. The van der Waals surface area contributed by atoms with Crippen molar-refractivity contribution in [1.82, 2.24) is 15.0 Å². The van der Waals surface area contributed by atoms with Gasteiger partial charge in [0.05, 0.1) is 0 Å². The van der Waals surface area contributed by atoms with Crippen LogP contribution in [0.25, 0.3) is 76.6 Å². The minimum Gasteiger partial charge on any atom is -0.208 e. The Balaban J connectivity index is 1.20. The predicted molar refractivity (Wildman–Crippen MR) is 201 cm³/mol. The van der Waals surface area contributed by atoms with Gasteiger partial charge in [0.2, 0.25) is 0 Å². The highest BCUT2D eigenvalue weighted by Gasteiger charge is 2.41. The molecule has 3 nitrogen and oxygen atoms in total. The molecule has 0 bridgehead atoms. The molecule has 1 aliphatic rings. The molecule has 0 atom stereocenters. The van der Waals surface area contributed by atoms with Crippen LogP contribution in [-0.4, -0.2) is 15.0 Å². The van der Waals surface area contributed by atoms with Gasteiger partial charge in [0.1, 0.15) is 0 Å². The van der Waals surface area contributed by atoms with Gasteiger partial charge in [0.25, 0.3) is 0 Å². The fourth-order valence-corrected chi connectivity index (χ4v) is 9.06. The molecule has 0 unspecified atom stereocenters. The number of benzene rings is 6. The molecular formula is C44H33N3S. The molecule has 0 aliphatic heterocycles. The minimum atomic E-state index is -0.0207. The van der Waals surface area contributed by atoms with Crippen LogP contribution >= 0.6 is 11.3 Å². The lowest BCUT2D eigenvalue weighted by Crippen LogP contribution is -2.22.